The van der Waals surface area contributed by atoms with Gasteiger partial charge in [-0.2, -0.15) is 0 Å². The fraction of sp³-hybridized carbons (Fsp3) is 0.562. The first-order valence-corrected chi connectivity index (χ1v) is 7.34. The predicted molar refractivity (Wildman–Crippen MR) is 81.5 cm³/mol. The lowest BCUT2D eigenvalue weighted by molar-refractivity contribution is -0.384. The molecule has 21 heavy (non-hydrogen) atoms. The van der Waals surface area contributed by atoms with Crippen molar-refractivity contribution in [3.63, 3.8) is 0 Å². The molecule has 1 aromatic carbocycles. The molecule has 1 aromatic rings. The summed E-state index contributed by atoms with van der Waals surface area (Å²) in [5.41, 5.74) is 0.670. The molecule has 1 aliphatic carbocycles. The summed E-state index contributed by atoms with van der Waals surface area (Å²) in [6, 6.07) is 5.94. The lowest BCUT2D eigenvalue weighted by Gasteiger charge is -2.31. The van der Waals surface area contributed by atoms with E-state index in [4.69, 9.17) is 0 Å². The highest BCUT2D eigenvalue weighted by Gasteiger charge is 2.36. The van der Waals surface area contributed by atoms with Crippen LogP contribution in [0, 0.1) is 15.5 Å². The first-order chi connectivity index (χ1) is 9.92. The van der Waals surface area contributed by atoms with Crippen molar-refractivity contribution in [2.24, 2.45) is 5.41 Å². The molecule has 1 fully saturated rings. The highest BCUT2D eigenvalue weighted by atomic mass is 16.6. The SMILES string of the molecule is CN(C)CC1(CC(=O)c2ccc([N+](=O)[O-])cc2)CCCC1. The standard InChI is InChI=1S/C16H22N2O3/c1-17(2)12-16(9-3-4-10-16)11-15(19)13-5-7-14(8-6-13)18(20)21/h5-8H,3-4,9-12H2,1-2H3. The molecule has 5 nitrogen and oxygen atoms in total. The summed E-state index contributed by atoms with van der Waals surface area (Å²) in [5, 5.41) is 10.6. The Morgan fingerprint density at radius 3 is 2.29 bits per heavy atom. The summed E-state index contributed by atoms with van der Waals surface area (Å²) in [4.78, 5) is 24.8. The fourth-order valence-corrected chi connectivity index (χ4v) is 3.40. The number of Topliss-reactive ketones (excluding diaryl/α,β-unsaturated/α-hetero) is 1. The Morgan fingerprint density at radius 1 is 1.24 bits per heavy atom. The van der Waals surface area contributed by atoms with Crippen molar-refractivity contribution in [2.75, 3.05) is 20.6 Å². The van der Waals surface area contributed by atoms with Gasteiger partial charge in [0.25, 0.3) is 5.69 Å². The molecule has 5 heteroatoms. The van der Waals surface area contributed by atoms with Crippen LogP contribution in [0.2, 0.25) is 0 Å². The second-order valence-electron chi connectivity index (χ2n) is 6.35. The molecule has 0 heterocycles. The summed E-state index contributed by atoms with van der Waals surface area (Å²) in [6.45, 7) is 0.922. The Kier molecular flexibility index (Phi) is 4.73. The highest BCUT2D eigenvalue weighted by Crippen LogP contribution is 2.42. The molecule has 114 valence electrons. The molecule has 2 rings (SSSR count). The van der Waals surface area contributed by atoms with Crippen molar-refractivity contribution in [2.45, 2.75) is 32.1 Å². The molecular weight excluding hydrogens is 268 g/mol. The number of non-ortho nitro benzene ring substituents is 1. The van der Waals surface area contributed by atoms with E-state index < -0.39 is 4.92 Å². The molecule has 0 amide bonds. The summed E-state index contributed by atoms with van der Waals surface area (Å²) in [7, 11) is 4.08. The lowest BCUT2D eigenvalue weighted by Crippen LogP contribution is -2.33. The zero-order valence-electron chi connectivity index (χ0n) is 12.7. The Labute approximate surface area is 125 Å². The maximum absolute atomic E-state index is 12.5. The van der Waals surface area contributed by atoms with E-state index in [2.05, 4.69) is 4.90 Å². The molecule has 0 spiro atoms. The van der Waals surface area contributed by atoms with Crippen LogP contribution in [0.1, 0.15) is 42.5 Å². The van der Waals surface area contributed by atoms with Gasteiger partial charge in [-0.25, -0.2) is 0 Å². The number of nitro benzene ring substituents is 1. The normalized spacial score (nSPS) is 17.1. The predicted octanol–water partition coefficient (Wildman–Crippen LogP) is 3.29. The Hall–Kier alpha value is -1.75. The Morgan fingerprint density at radius 2 is 1.81 bits per heavy atom. The van der Waals surface area contributed by atoms with Crippen LogP contribution >= 0.6 is 0 Å². The van der Waals surface area contributed by atoms with Crippen molar-refractivity contribution >= 4 is 11.5 Å². The van der Waals surface area contributed by atoms with Crippen molar-refractivity contribution in [1.29, 1.82) is 0 Å². The van der Waals surface area contributed by atoms with Gasteiger partial charge < -0.3 is 4.90 Å². The zero-order chi connectivity index (χ0) is 15.5. The van der Waals surface area contributed by atoms with E-state index in [0.29, 0.717) is 12.0 Å². The van der Waals surface area contributed by atoms with Crippen LogP contribution in [0.5, 0.6) is 0 Å². The van der Waals surface area contributed by atoms with Crippen molar-refractivity contribution in [3.8, 4) is 0 Å². The summed E-state index contributed by atoms with van der Waals surface area (Å²) in [6.07, 6.45) is 5.07. The summed E-state index contributed by atoms with van der Waals surface area (Å²) >= 11 is 0. The second kappa shape index (κ2) is 6.35. The highest BCUT2D eigenvalue weighted by molar-refractivity contribution is 5.96. The maximum Gasteiger partial charge on any atom is 0.269 e. The van der Waals surface area contributed by atoms with Gasteiger partial charge in [-0.1, -0.05) is 12.8 Å². The van der Waals surface area contributed by atoms with Crippen LogP contribution < -0.4 is 0 Å². The number of carbonyl (C=O) groups excluding carboxylic acids is 1. The molecule has 0 aromatic heterocycles. The van der Waals surface area contributed by atoms with Crippen molar-refractivity contribution in [1.82, 2.24) is 4.90 Å². The third-order valence-electron chi connectivity index (χ3n) is 4.25. The van der Waals surface area contributed by atoms with Crippen LogP contribution in [-0.4, -0.2) is 36.2 Å². The van der Waals surface area contributed by atoms with Gasteiger partial charge in [-0.3, -0.25) is 14.9 Å². The Balaban J connectivity index is 2.10. The lowest BCUT2D eigenvalue weighted by atomic mass is 9.79. The van der Waals surface area contributed by atoms with Crippen LogP contribution in [0.15, 0.2) is 24.3 Å². The molecule has 0 bridgehead atoms. The van der Waals surface area contributed by atoms with Crippen LogP contribution in [0.4, 0.5) is 5.69 Å². The average Bonchev–Trinajstić information content (AvgIpc) is 2.86. The maximum atomic E-state index is 12.5. The molecule has 0 unspecified atom stereocenters. The Bertz CT molecular complexity index is 517. The number of nitro groups is 1. The van der Waals surface area contributed by atoms with Gasteiger partial charge in [0.2, 0.25) is 0 Å². The van der Waals surface area contributed by atoms with Crippen molar-refractivity contribution < 1.29 is 9.72 Å². The molecule has 0 radical (unpaired) electrons. The number of nitrogens with zero attached hydrogens (tertiary/aromatic N) is 2. The smallest absolute Gasteiger partial charge is 0.269 e. The van der Waals surface area contributed by atoms with E-state index in [1.165, 1.54) is 25.0 Å². The van der Waals surface area contributed by atoms with Gasteiger partial charge in [0.15, 0.2) is 5.78 Å². The van der Waals surface area contributed by atoms with Crippen LogP contribution in [0.25, 0.3) is 0 Å². The van der Waals surface area contributed by atoms with Crippen molar-refractivity contribution in [3.05, 3.63) is 39.9 Å². The van der Waals surface area contributed by atoms with E-state index in [1.54, 1.807) is 12.1 Å². The first kappa shape index (κ1) is 15.6. The third-order valence-corrected chi connectivity index (χ3v) is 4.25. The van der Waals surface area contributed by atoms with Gasteiger partial charge in [0.1, 0.15) is 0 Å². The molecule has 1 saturated carbocycles. The molecule has 0 aliphatic heterocycles. The van der Waals surface area contributed by atoms with Crippen LogP contribution in [0.3, 0.4) is 0 Å². The van der Waals surface area contributed by atoms with Gasteiger partial charge >= 0.3 is 0 Å². The second-order valence-corrected chi connectivity index (χ2v) is 6.35. The summed E-state index contributed by atoms with van der Waals surface area (Å²) in [5.74, 6) is 0.0913. The third kappa shape index (κ3) is 3.88. The molecule has 0 saturated heterocycles. The minimum Gasteiger partial charge on any atom is -0.309 e. The van der Waals surface area contributed by atoms with Gasteiger partial charge in [0.05, 0.1) is 4.92 Å². The minimum atomic E-state index is -0.446. The number of hydrogen-bond acceptors (Lipinski definition) is 4. The summed E-state index contributed by atoms with van der Waals surface area (Å²) < 4.78 is 0. The molecule has 0 N–H and O–H groups in total. The number of rotatable bonds is 6. The zero-order valence-corrected chi connectivity index (χ0v) is 12.7. The minimum absolute atomic E-state index is 0.0235. The topological polar surface area (TPSA) is 63.5 Å². The molecular formula is C16H22N2O3. The first-order valence-electron chi connectivity index (χ1n) is 7.34. The fourth-order valence-electron chi connectivity index (χ4n) is 3.40. The van der Waals surface area contributed by atoms with E-state index in [-0.39, 0.29) is 16.9 Å². The average molecular weight is 290 g/mol. The van der Waals surface area contributed by atoms with E-state index >= 15 is 0 Å². The number of benzene rings is 1. The van der Waals surface area contributed by atoms with Crippen LogP contribution in [-0.2, 0) is 0 Å². The molecule has 0 atom stereocenters. The number of carbonyl (C=O) groups is 1. The quantitative estimate of drug-likeness (QED) is 0.458. The largest absolute Gasteiger partial charge is 0.309 e. The van der Waals surface area contributed by atoms with Gasteiger partial charge in [-0.15, -0.1) is 0 Å². The monoisotopic (exact) mass is 290 g/mol. The molecule has 1 aliphatic rings. The van der Waals surface area contributed by atoms with E-state index in [9.17, 15) is 14.9 Å². The number of hydrogen-bond donors (Lipinski definition) is 0. The van der Waals surface area contributed by atoms with Gasteiger partial charge in [0, 0.05) is 30.7 Å². The van der Waals surface area contributed by atoms with Gasteiger partial charge in [-0.05, 0) is 44.5 Å². The van der Waals surface area contributed by atoms with E-state index in [0.717, 1.165) is 19.4 Å². The van der Waals surface area contributed by atoms with E-state index in [1.807, 2.05) is 14.1 Å². The number of ketones is 1.